The van der Waals surface area contributed by atoms with Crippen LogP contribution in [-0.4, -0.2) is 29.4 Å². The van der Waals surface area contributed by atoms with E-state index in [-0.39, 0.29) is 11.9 Å². The van der Waals surface area contributed by atoms with Gasteiger partial charge in [0.25, 0.3) is 0 Å². The van der Waals surface area contributed by atoms with Crippen molar-refractivity contribution >= 4 is 33.1 Å². The molecule has 2 aromatic carbocycles. The number of anilines is 1. The summed E-state index contributed by atoms with van der Waals surface area (Å²) in [7, 11) is 1.96. The zero-order valence-corrected chi connectivity index (χ0v) is 16.5. The monoisotopic (exact) mass is 367 g/mol. The van der Waals surface area contributed by atoms with E-state index in [2.05, 4.69) is 44.3 Å². The maximum Gasteiger partial charge on any atom is 0.238 e. The summed E-state index contributed by atoms with van der Waals surface area (Å²) < 4.78 is 1.18. The molecule has 136 valence electrons. The van der Waals surface area contributed by atoms with Crippen molar-refractivity contribution in [1.29, 1.82) is 0 Å². The van der Waals surface area contributed by atoms with E-state index in [4.69, 9.17) is 4.98 Å². The number of carbonyl (C=O) groups is 1. The third-order valence-corrected chi connectivity index (χ3v) is 5.79. The lowest BCUT2D eigenvalue weighted by atomic mass is 10.0. The van der Waals surface area contributed by atoms with Crippen LogP contribution in [0.4, 0.5) is 5.69 Å². The SMILES string of the molecule is CC(C)c1ccc(NC(=O)CN(C)[C@H](C)c2nc3ccccc3s2)cc1. The topological polar surface area (TPSA) is 45.2 Å². The van der Waals surface area contributed by atoms with Crippen LogP contribution >= 0.6 is 11.3 Å². The van der Waals surface area contributed by atoms with Crippen molar-refractivity contribution in [2.75, 3.05) is 18.9 Å². The summed E-state index contributed by atoms with van der Waals surface area (Å²) in [6.45, 7) is 6.73. The van der Waals surface area contributed by atoms with Crippen LogP contribution in [-0.2, 0) is 4.79 Å². The second-order valence-corrected chi connectivity index (χ2v) is 8.00. The lowest BCUT2D eigenvalue weighted by Gasteiger charge is -2.22. The maximum atomic E-state index is 12.4. The minimum absolute atomic E-state index is 0.0160. The predicted molar refractivity (Wildman–Crippen MR) is 110 cm³/mol. The fraction of sp³-hybridized carbons (Fsp3) is 0.333. The van der Waals surface area contributed by atoms with E-state index in [1.54, 1.807) is 11.3 Å². The highest BCUT2D eigenvalue weighted by Gasteiger charge is 2.18. The Hall–Kier alpha value is -2.24. The van der Waals surface area contributed by atoms with Crippen molar-refractivity contribution in [3.63, 3.8) is 0 Å². The first-order valence-corrected chi connectivity index (χ1v) is 9.71. The van der Waals surface area contributed by atoms with Gasteiger partial charge in [0.1, 0.15) is 5.01 Å². The van der Waals surface area contributed by atoms with Gasteiger partial charge in [-0.2, -0.15) is 0 Å². The second-order valence-electron chi connectivity index (χ2n) is 6.94. The van der Waals surface area contributed by atoms with E-state index >= 15 is 0 Å². The highest BCUT2D eigenvalue weighted by Crippen LogP contribution is 2.28. The Labute approximate surface area is 158 Å². The number of benzene rings is 2. The summed E-state index contributed by atoms with van der Waals surface area (Å²) in [5, 5.41) is 4.00. The Kier molecular flexibility index (Phi) is 5.69. The van der Waals surface area contributed by atoms with E-state index in [0.29, 0.717) is 12.5 Å². The fourth-order valence-corrected chi connectivity index (χ4v) is 3.86. The zero-order valence-electron chi connectivity index (χ0n) is 15.7. The lowest BCUT2D eigenvalue weighted by Crippen LogP contribution is -2.32. The van der Waals surface area contributed by atoms with Crippen molar-refractivity contribution in [2.45, 2.75) is 32.7 Å². The van der Waals surface area contributed by atoms with E-state index in [1.807, 2.05) is 42.3 Å². The maximum absolute atomic E-state index is 12.4. The third kappa shape index (κ3) is 4.29. The smallest absolute Gasteiger partial charge is 0.238 e. The van der Waals surface area contributed by atoms with Crippen molar-refractivity contribution in [2.24, 2.45) is 0 Å². The normalized spacial score (nSPS) is 12.7. The predicted octanol–water partition coefficient (Wildman–Crippen LogP) is 5.05. The molecule has 0 saturated carbocycles. The molecule has 3 rings (SSSR count). The van der Waals surface area contributed by atoms with E-state index in [9.17, 15) is 4.79 Å². The van der Waals surface area contributed by atoms with Gasteiger partial charge in [-0.1, -0.05) is 38.1 Å². The number of aromatic nitrogens is 1. The molecule has 0 aliphatic carbocycles. The number of likely N-dealkylation sites (N-methyl/N-ethyl adjacent to an activating group) is 1. The van der Waals surface area contributed by atoms with Crippen LogP contribution in [0.1, 0.15) is 43.3 Å². The molecule has 0 bridgehead atoms. The van der Waals surface area contributed by atoms with Gasteiger partial charge in [-0.05, 0) is 49.7 Å². The Morgan fingerprint density at radius 3 is 2.46 bits per heavy atom. The molecule has 3 aromatic rings. The fourth-order valence-electron chi connectivity index (χ4n) is 2.77. The largest absolute Gasteiger partial charge is 0.325 e. The molecule has 5 heteroatoms. The van der Waals surface area contributed by atoms with E-state index in [1.165, 1.54) is 10.3 Å². The van der Waals surface area contributed by atoms with Gasteiger partial charge in [-0.25, -0.2) is 4.98 Å². The van der Waals surface area contributed by atoms with Gasteiger partial charge in [-0.3, -0.25) is 9.69 Å². The van der Waals surface area contributed by atoms with Crippen LogP contribution in [0.2, 0.25) is 0 Å². The first-order valence-electron chi connectivity index (χ1n) is 8.89. The molecule has 1 N–H and O–H groups in total. The molecular weight excluding hydrogens is 342 g/mol. The Bertz CT molecular complexity index is 853. The summed E-state index contributed by atoms with van der Waals surface area (Å²) in [5.41, 5.74) is 3.12. The van der Waals surface area contributed by atoms with Crippen molar-refractivity contribution < 1.29 is 4.79 Å². The average Bonchev–Trinajstić information content (AvgIpc) is 3.05. The Morgan fingerprint density at radius 2 is 1.81 bits per heavy atom. The molecule has 4 nitrogen and oxygen atoms in total. The number of carbonyl (C=O) groups excluding carboxylic acids is 1. The highest BCUT2D eigenvalue weighted by molar-refractivity contribution is 7.18. The summed E-state index contributed by atoms with van der Waals surface area (Å²) in [4.78, 5) is 19.1. The molecule has 0 aliphatic heterocycles. The van der Waals surface area contributed by atoms with E-state index in [0.717, 1.165) is 16.2 Å². The molecular formula is C21H25N3OS. The molecule has 0 saturated heterocycles. The van der Waals surface area contributed by atoms with Gasteiger partial charge in [0, 0.05) is 5.69 Å². The quantitative estimate of drug-likeness (QED) is 0.663. The van der Waals surface area contributed by atoms with Gasteiger partial charge in [0.05, 0.1) is 22.8 Å². The molecule has 1 amide bonds. The molecule has 1 atom stereocenters. The number of para-hydroxylation sites is 1. The van der Waals surface area contributed by atoms with E-state index < -0.39 is 0 Å². The van der Waals surface area contributed by atoms with Crippen LogP contribution < -0.4 is 5.32 Å². The highest BCUT2D eigenvalue weighted by atomic mass is 32.1. The average molecular weight is 368 g/mol. The number of hydrogen-bond donors (Lipinski definition) is 1. The van der Waals surface area contributed by atoms with Gasteiger partial charge >= 0.3 is 0 Å². The number of fused-ring (bicyclic) bond motifs is 1. The van der Waals surface area contributed by atoms with Gasteiger partial charge in [-0.15, -0.1) is 11.3 Å². The van der Waals surface area contributed by atoms with Crippen LogP contribution in [0.3, 0.4) is 0 Å². The first-order chi connectivity index (χ1) is 12.4. The lowest BCUT2D eigenvalue weighted by molar-refractivity contribution is -0.117. The summed E-state index contributed by atoms with van der Waals surface area (Å²) >= 11 is 1.68. The summed E-state index contributed by atoms with van der Waals surface area (Å²) in [6, 6.07) is 16.3. The second kappa shape index (κ2) is 7.98. The molecule has 0 aliphatic rings. The van der Waals surface area contributed by atoms with Gasteiger partial charge < -0.3 is 5.32 Å². The minimum Gasteiger partial charge on any atom is -0.325 e. The van der Waals surface area contributed by atoms with Gasteiger partial charge in [0.2, 0.25) is 5.91 Å². The standard InChI is InChI=1S/C21H25N3OS/c1-14(2)16-9-11-17(12-10-16)22-20(25)13-24(4)15(3)21-23-18-7-5-6-8-19(18)26-21/h5-12,14-15H,13H2,1-4H3,(H,22,25)/t15-/m1/s1. The van der Waals surface area contributed by atoms with Crippen LogP contribution in [0, 0.1) is 0 Å². The molecule has 1 aromatic heterocycles. The Balaban J connectivity index is 1.61. The molecule has 0 fully saturated rings. The number of nitrogens with zero attached hydrogens (tertiary/aromatic N) is 2. The number of rotatable bonds is 6. The van der Waals surface area contributed by atoms with Crippen molar-refractivity contribution in [3.05, 3.63) is 59.1 Å². The third-order valence-electron chi connectivity index (χ3n) is 4.58. The number of thiazole rings is 1. The number of amides is 1. The van der Waals surface area contributed by atoms with Gasteiger partial charge in [0.15, 0.2) is 0 Å². The minimum atomic E-state index is -0.0160. The molecule has 0 spiro atoms. The molecule has 26 heavy (non-hydrogen) atoms. The zero-order chi connectivity index (χ0) is 18.7. The molecule has 0 unspecified atom stereocenters. The molecule has 1 heterocycles. The molecule has 0 radical (unpaired) electrons. The van der Waals surface area contributed by atoms with Crippen LogP contribution in [0.25, 0.3) is 10.2 Å². The van der Waals surface area contributed by atoms with Crippen molar-refractivity contribution in [1.82, 2.24) is 9.88 Å². The number of hydrogen-bond acceptors (Lipinski definition) is 4. The summed E-state index contributed by atoms with van der Waals surface area (Å²) in [5.74, 6) is 0.471. The number of nitrogens with one attached hydrogen (secondary N) is 1. The van der Waals surface area contributed by atoms with Crippen LogP contribution in [0.15, 0.2) is 48.5 Å². The van der Waals surface area contributed by atoms with Crippen LogP contribution in [0.5, 0.6) is 0 Å². The van der Waals surface area contributed by atoms with Crippen molar-refractivity contribution in [3.8, 4) is 0 Å². The Morgan fingerprint density at radius 1 is 1.12 bits per heavy atom. The summed E-state index contributed by atoms with van der Waals surface area (Å²) in [6.07, 6.45) is 0. The first kappa shape index (κ1) is 18.5.